The van der Waals surface area contributed by atoms with Gasteiger partial charge in [0.1, 0.15) is 0 Å². The third-order valence-corrected chi connectivity index (χ3v) is 1.68. The van der Waals surface area contributed by atoms with Crippen LogP contribution in [0.4, 0.5) is 0 Å². The smallest absolute Gasteiger partial charge is 0.0388 e. The Morgan fingerprint density at radius 3 is 3.30 bits per heavy atom. The van der Waals surface area contributed by atoms with Crippen molar-refractivity contribution in [2.45, 2.75) is 6.42 Å². The highest BCUT2D eigenvalue weighted by atomic mass is 14.2. The van der Waals surface area contributed by atoms with Crippen molar-refractivity contribution in [2.24, 2.45) is 0 Å². The molecule has 0 N–H and O–H groups in total. The van der Waals surface area contributed by atoms with Gasteiger partial charge in [-0.25, -0.2) is 0 Å². The van der Waals surface area contributed by atoms with Gasteiger partial charge in [0, 0.05) is 5.92 Å². The lowest BCUT2D eigenvalue weighted by molar-refractivity contribution is 1.17. The van der Waals surface area contributed by atoms with E-state index < -0.39 is 0 Å². The van der Waals surface area contributed by atoms with Crippen molar-refractivity contribution in [3.63, 3.8) is 0 Å². The van der Waals surface area contributed by atoms with Crippen LogP contribution in [0.15, 0.2) is 47.4 Å². The molecule has 2 rings (SSSR count). The molecular formula is C10H7. The van der Waals surface area contributed by atoms with E-state index in [-0.39, 0.29) is 0 Å². The van der Waals surface area contributed by atoms with Gasteiger partial charge in [-0.05, 0) is 30.2 Å². The van der Waals surface area contributed by atoms with Gasteiger partial charge in [0.15, 0.2) is 0 Å². The summed E-state index contributed by atoms with van der Waals surface area (Å²) in [7, 11) is 0. The van der Waals surface area contributed by atoms with E-state index in [1.165, 1.54) is 11.5 Å². The van der Waals surface area contributed by atoms with E-state index >= 15 is 0 Å². The fourth-order valence-corrected chi connectivity index (χ4v) is 1.15. The van der Waals surface area contributed by atoms with Crippen LogP contribution in [-0.2, 0) is 0 Å². The second kappa shape index (κ2) is 2.19. The molecule has 0 fully saturated rings. The molecule has 0 aromatic rings. The average Bonchev–Trinajstić information content (AvgIpc) is 2.28. The van der Waals surface area contributed by atoms with Gasteiger partial charge in [0.05, 0.1) is 0 Å². The Balaban J connectivity index is 2.45. The molecule has 47 valence electrons. The van der Waals surface area contributed by atoms with Gasteiger partial charge in [-0.1, -0.05) is 23.6 Å². The second-order valence-corrected chi connectivity index (χ2v) is 2.35. The van der Waals surface area contributed by atoms with Crippen LogP contribution in [0.5, 0.6) is 0 Å². The number of hydrogen-bond donors (Lipinski definition) is 0. The Kier molecular flexibility index (Phi) is 1.22. The second-order valence-electron chi connectivity index (χ2n) is 2.35. The predicted octanol–water partition coefficient (Wildman–Crippen LogP) is 2.33. The third kappa shape index (κ3) is 0.804. The Morgan fingerprint density at radius 1 is 1.30 bits per heavy atom. The molecule has 0 nitrogen and oxygen atoms in total. The Labute approximate surface area is 60.6 Å². The van der Waals surface area contributed by atoms with Crippen molar-refractivity contribution >= 4 is 0 Å². The summed E-state index contributed by atoms with van der Waals surface area (Å²) in [6.07, 6.45) is 11.3. The zero-order valence-electron chi connectivity index (χ0n) is 5.59. The van der Waals surface area contributed by atoms with Gasteiger partial charge >= 0.3 is 0 Å². The normalized spacial score (nSPS) is 21.0. The number of hydrogen-bond acceptors (Lipinski definition) is 0. The first kappa shape index (κ1) is 5.56. The maximum Gasteiger partial charge on any atom is 0.0388 e. The molecule has 0 aliphatic heterocycles. The van der Waals surface area contributed by atoms with Crippen LogP contribution >= 0.6 is 0 Å². The van der Waals surface area contributed by atoms with E-state index in [0.717, 1.165) is 6.42 Å². The van der Waals surface area contributed by atoms with Crippen molar-refractivity contribution in [3.8, 4) is 0 Å². The van der Waals surface area contributed by atoms with Crippen LogP contribution in [-0.4, -0.2) is 0 Å². The summed E-state index contributed by atoms with van der Waals surface area (Å²) in [5.41, 5.74) is 7.18. The molecule has 0 saturated heterocycles. The van der Waals surface area contributed by atoms with Crippen LogP contribution in [0.3, 0.4) is 0 Å². The lowest BCUT2D eigenvalue weighted by Crippen LogP contribution is -1.86. The first-order valence-electron chi connectivity index (χ1n) is 3.37. The van der Waals surface area contributed by atoms with Crippen LogP contribution in [0.25, 0.3) is 0 Å². The summed E-state index contributed by atoms with van der Waals surface area (Å²) in [4.78, 5) is 0. The molecule has 2 aliphatic rings. The van der Waals surface area contributed by atoms with Crippen LogP contribution < -0.4 is 0 Å². The zero-order valence-corrected chi connectivity index (χ0v) is 5.59. The quantitative estimate of drug-likeness (QED) is 0.438. The third-order valence-electron chi connectivity index (χ3n) is 1.68. The van der Waals surface area contributed by atoms with Crippen LogP contribution in [0, 0.1) is 5.92 Å². The zero-order chi connectivity index (χ0) is 6.81. The molecule has 2 aliphatic carbocycles. The van der Waals surface area contributed by atoms with Gasteiger partial charge in [-0.15, -0.1) is 0 Å². The Morgan fingerprint density at radius 2 is 2.30 bits per heavy atom. The molecule has 0 saturated carbocycles. The van der Waals surface area contributed by atoms with E-state index in [2.05, 4.69) is 29.7 Å². The van der Waals surface area contributed by atoms with E-state index in [9.17, 15) is 0 Å². The van der Waals surface area contributed by atoms with E-state index in [4.69, 9.17) is 0 Å². The highest BCUT2D eigenvalue weighted by Crippen LogP contribution is 2.27. The largest absolute Gasteiger partial charge is 0.0830 e. The summed E-state index contributed by atoms with van der Waals surface area (Å²) in [5.74, 6) is 1.35. The average molecular weight is 127 g/mol. The first-order chi connectivity index (χ1) is 4.97. The maximum absolute atomic E-state index is 2.96. The van der Waals surface area contributed by atoms with Crippen LogP contribution in [0.1, 0.15) is 6.42 Å². The van der Waals surface area contributed by atoms with E-state index in [1.807, 2.05) is 12.2 Å². The standard InChI is InChI=1S/C10H7/c1-2-5-9-7-4-8-10(9)6-3-1/h2,4-7H,8H2. The predicted molar refractivity (Wildman–Crippen MR) is 41.2 cm³/mol. The van der Waals surface area contributed by atoms with E-state index in [1.54, 1.807) is 0 Å². The van der Waals surface area contributed by atoms with Gasteiger partial charge in [-0.2, -0.15) is 0 Å². The van der Waals surface area contributed by atoms with Crippen molar-refractivity contribution in [3.05, 3.63) is 53.3 Å². The van der Waals surface area contributed by atoms with E-state index in [0.29, 0.717) is 0 Å². The van der Waals surface area contributed by atoms with Gasteiger partial charge < -0.3 is 0 Å². The molecule has 0 atom stereocenters. The first-order valence-corrected chi connectivity index (χ1v) is 3.37. The topological polar surface area (TPSA) is 0 Å². The van der Waals surface area contributed by atoms with Crippen molar-refractivity contribution in [1.29, 1.82) is 0 Å². The maximum atomic E-state index is 2.96. The van der Waals surface area contributed by atoms with Crippen molar-refractivity contribution in [1.82, 2.24) is 0 Å². The fourth-order valence-electron chi connectivity index (χ4n) is 1.15. The molecule has 0 aromatic carbocycles. The minimum Gasteiger partial charge on any atom is -0.0830 e. The molecule has 0 spiro atoms. The summed E-state index contributed by atoms with van der Waals surface area (Å²) in [6.45, 7) is 0. The number of rotatable bonds is 0. The molecule has 10 heavy (non-hydrogen) atoms. The number of fused-ring (bicyclic) bond motifs is 1. The Hall–Kier alpha value is -1.22. The monoisotopic (exact) mass is 127 g/mol. The molecule has 0 amide bonds. The number of allylic oxidation sites excluding steroid dienone is 6. The molecule has 0 aromatic heterocycles. The highest BCUT2D eigenvalue weighted by Gasteiger charge is 2.12. The van der Waals surface area contributed by atoms with Gasteiger partial charge in [0.2, 0.25) is 0 Å². The summed E-state index contributed by atoms with van der Waals surface area (Å²) < 4.78 is 0. The molecule has 0 bridgehead atoms. The Bertz CT molecular complexity index is 290. The lowest BCUT2D eigenvalue weighted by atomic mass is 10.0. The van der Waals surface area contributed by atoms with Crippen molar-refractivity contribution in [2.75, 3.05) is 0 Å². The lowest BCUT2D eigenvalue weighted by Gasteiger charge is -1.99. The summed E-state index contributed by atoms with van der Waals surface area (Å²) in [6, 6.07) is 0. The van der Waals surface area contributed by atoms with Gasteiger partial charge in [-0.3, -0.25) is 0 Å². The molecular weight excluding hydrogens is 120 g/mol. The van der Waals surface area contributed by atoms with Crippen LogP contribution in [0.2, 0.25) is 0 Å². The SMILES string of the molecule is C1=C=C[C]2CC=CC2=CC=1. The molecule has 0 heteroatoms. The molecule has 1 radical (unpaired) electrons. The van der Waals surface area contributed by atoms with Crippen molar-refractivity contribution < 1.29 is 0 Å². The minimum absolute atomic E-state index is 1.05. The summed E-state index contributed by atoms with van der Waals surface area (Å²) in [5, 5.41) is 0. The molecule has 0 heterocycles. The van der Waals surface area contributed by atoms with Gasteiger partial charge in [0.25, 0.3) is 0 Å². The fraction of sp³-hybridized carbons (Fsp3) is 0.100. The molecule has 0 unspecified atom stereocenters. The summed E-state index contributed by atoms with van der Waals surface area (Å²) >= 11 is 0. The highest BCUT2D eigenvalue weighted by molar-refractivity contribution is 5.49. The minimum atomic E-state index is 1.05.